The van der Waals surface area contributed by atoms with E-state index in [9.17, 15) is 18.0 Å². The number of hydrogen-bond acceptors (Lipinski definition) is 4. The smallest absolute Gasteiger partial charge is 0.381 e. The van der Waals surface area contributed by atoms with Gasteiger partial charge in [-0.1, -0.05) is 0 Å². The van der Waals surface area contributed by atoms with Gasteiger partial charge in [0.15, 0.2) is 5.69 Å². The number of likely N-dealkylation sites (N-methyl/N-ethyl adjacent to an activating group) is 1. The van der Waals surface area contributed by atoms with Crippen molar-refractivity contribution in [3.05, 3.63) is 17.7 Å². The molecule has 3 heterocycles. The number of aromatic nitrogens is 2. The molecule has 0 unspecified atom stereocenters. The molecule has 1 aromatic rings. The number of carbonyl (C=O) groups excluding carboxylic acids is 1. The minimum atomic E-state index is -4.42. The number of aryl methyl sites for hydroxylation is 1. The average molecular weight is 375 g/mol. The maximum absolute atomic E-state index is 12.8. The summed E-state index contributed by atoms with van der Waals surface area (Å²) in [7, 11) is 1.70. The summed E-state index contributed by atoms with van der Waals surface area (Å²) in [5.41, 5.74) is -0.845. The highest BCUT2D eigenvalue weighted by atomic mass is 19.4. The van der Waals surface area contributed by atoms with Crippen LogP contribution in [0.2, 0.25) is 0 Å². The quantitative estimate of drug-likeness (QED) is 0.763. The summed E-state index contributed by atoms with van der Waals surface area (Å²) in [6, 6.07) is 0. The van der Waals surface area contributed by atoms with Gasteiger partial charge in [0.2, 0.25) is 5.91 Å². The van der Waals surface area contributed by atoms with E-state index in [1.807, 2.05) is 0 Å². The van der Waals surface area contributed by atoms with Gasteiger partial charge in [0.05, 0.1) is 13.2 Å². The first-order chi connectivity index (χ1) is 12.3. The molecular formula is C17H24F3N3O3. The van der Waals surface area contributed by atoms with E-state index in [0.717, 1.165) is 19.2 Å². The molecular weight excluding hydrogens is 351 g/mol. The molecule has 9 heteroatoms. The molecule has 0 bridgehead atoms. The Bertz CT molecular complexity index is 627. The summed E-state index contributed by atoms with van der Waals surface area (Å²) in [6.45, 7) is 2.90. The van der Waals surface area contributed by atoms with Crippen LogP contribution in [0.4, 0.5) is 13.2 Å². The monoisotopic (exact) mass is 375 g/mol. The Kier molecular flexibility index (Phi) is 5.86. The maximum atomic E-state index is 12.8. The second kappa shape index (κ2) is 7.96. The summed E-state index contributed by atoms with van der Waals surface area (Å²) < 4.78 is 50.6. The Labute approximate surface area is 150 Å². The molecule has 146 valence electrons. The second-order valence-electron chi connectivity index (χ2n) is 7.12. The number of amides is 1. The van der Waals surface area contributed by atoms with Gasteiger partial charge in [-0.05, 0) is 18.8 Å². The number of fused-ring (bicyclic) bond motifs is 1. The van der Waals surface area contributed by atoms with Crippen molar-refractivity contribution < 1.29 is 27.4 Å². The Morgan fingerprint density at radius 3 is 2.92 bits per heavy atom. The molecule has 0 saturated carbocycles. The number of carbonyl (C=O) groups is 1. The minimum Gasteiger partial charge on any atom is -0.381 e. The lowest BCUT2D eigenvalue weighted by Crippen LogP contribution is -2.37. The van der Waals surface area contributed by atoms with Crippen LogP contribution in [0.1, 0.15) is 24.4 Å². The molecule has 1 saturated heterocycles. The first-order valence-corrected chi connectivity index (χ1v) is 8.85. The molecule has 0 aliphatic carbocycles. The van der Waals surface area contributed by atoms with E-state index < -0.39 is 11.9 Å². The molecule has 2 aliphatic heterocycles. The first kappa shape index (κ1) is 19.2. The van der Waals surface area contributed by atoms with Crippen LogP contribution in [-0.4, -0.2) is 60.4 Å². The van der Waals surface area contributed by atoms with Crippen LogP contribution in [0.15, 0.2) is 6.20 Å². The normalized spacial score (nSPS) is 23.1. The standard InChI is InChI=1S/C17H24F3N3O3/c1-22(16(24)11-26-10-13-4-5-25-9-13)6-12-2-3-15-21-14(17(18,19)20)8-23(15)7-12/h8,12-13H,2-7,9-11H2,1H3/t12-,13-/m0/s1. The van der Waals surface area contributed by atoms with Crippen molar-refractivity contribution in [3.8, 4) is 0 Å². The topological polar surface area (TPSA) is 56.6 Å². The Balaban J connectivity index is 1.45. The molecule has 1 fully saturated rings. The molecule has 2 aliphatic rings. The van der Waals surface area contributed by atoms with Crippen LogP contribution in [0.25, 0.3) is 0 Å². The third-order valence-corrected chi connectivity index (χ3v) is 4.94. The van der Waals surface area contributed by atoms with Crippen molar-refractivity contribution in [3.63, 3.8) is 0 Å². The largest absolute Gasteiger partial charge is 0.434 e. The van der Waals surface area contributed by atoms with Crippen molar-refractivity contribution in [2.45, 2.75) is 32.0 Å². The van der Waals surface area contributed by atoms with Crippen LogP contribution in [0.5, 0.6) is 0 Å². The van der Waals surface area contributed by atoms with E-state index in [4.69, 9.17) is 9.47 Å². The minimum absolute atomic E-state index is 0.0221. The highest BCUT2D eigenvalue weighted by molar-refractivity contribution is 5.77. The zero-order valence-electron chi connectivity index (χ0n) is 14.8. The van der Waals surface area contributed by atoms with E-state index in [-0.39, 0.29) is 18.4 Å². The predicted molar refractivity (Wildman–Crippen MR) is 86.4 cm³/mol. The SMILES string of the molecule is CN(C[C@@H]1CCc2nc(C(F)(F)F)cn2C1)C(=O)COC[C@H]1CCOC1. The molecule has 0 aromatic carbocycles. The Morgan fingerprint density at radius 2 is 2.23 bits per heavy atom. The van der Waals surface area contributed by atoms with Gasteiger partial charge >= 0.3 is 6.18 Å². The first-order valence-electron chi connectivity index (χ1n) is 8.85. The lowest BCUT2D eigenvalue weighted by Gasteiger charge is -2.28. The lowest BCUT2D eigenvalue weighted by molar-refractivity contribution is -0.141. The molecule has 1 amide bonds. The van der Waals surface area contributed by atoms with Gasteiger partial charge in [-0.2, -0.15) is 13.2 Å². The zero-order chi connectivity index (χ0) is 18.7. The van der Waals surface area contributed by atoms with Gasteiger partial charge in [0, 0.05) is 45.3 Å². The van der Waals surface area contributed by atoms with E-state index in [1.165, 1.54) is 0 Å². The molecule has 0 N–H and O–H groups in total. The summed E-state index contributed by atoms with van der Waals surface area (Å²) in [5, 5.41) is 0. The Hall–Kier alpha value is -1.61. The fourth-order valence-electron chi connectivity index (χ4n) is 3.43. The fourth-order valence-corrected chi connectivity index (χ4v) is 3.43. The highest BCUT2D eigenvalue weighted by Crippen LogP contribution is 2.30. The molecule has 2 atom stereocenters. The van der Waals surface area contributed by atoms with Gasteiger partial charge in [-0.3, -0.25) is 4.79 Å². The highest BCUT2D eigenvalue weighted by Gasteiger charge is 2.36. The van der Waals surface area contributed by atoms with E-state index >= 15 is 0 Å². The van der Waals surface area contributed by atoms with Gasteiger partial charge in [0.1, 0.15) is 12.4 Å². The third kappa shape index (κ3) is 4.76. The van der Waals surface area contributed by atoms with Crippen LogP contribution in [0.3, 0.4) is 0 Å². The summed E-state index contributed by atoms with van der Waals surface area (Å²) >= 11 is 0. The molecule has 26 heavy (non-hydrogen) atoms. The molecule has 1 aromatic heterocycles. The van der Waals surface area contributed by atoms with Gasteiger partial charge in [0.25, 0.3) is 0 Å². The zero-order valence-corrected chi connectivity index (χ0v) is 14.8. The van der Waals surface area contributed by atoms with Gasteiger partial charge < -0.3 is 18.9 Å². The average Bonchev–Trinajstić information content (AvgIpc) is 3.22. The third-order valence-electron chi connectivity index (χ3n) is 4.94. The van der Waals surface area contributed by atoms with Crippen LogP contribution < -0.4 is 0 Å². The number of imidazole rings is 1. The Morgan fingerprint density at radius 1 is 1.42 bits per heavy atom. The number of alkyl halides is 3. The van der Waals surface area contributed by atoms with E-state index in [1.54, 1.807) is 16.5 Å². The lowest BCUT2D eigenvalue weighted by atomic mass is 9.99. The van der Waals surface area contributed by atoms with Gasteiger partial charge in [-0.25, -0.2) is 4.98 Å². The van der Waals surface area contributed by atoms with Crippen molar-refractivity contribution in [1.29, 1.82) is 0 Å². The number of hydrogen-bond donors (Lipinski definition) is 0. The predicted octanol–water partition coefficient (Wildman–Crippen LogP) is 1.98. The second-order valence-corrected chi connectivity index (χ2v) is 7.12. The maximum Gasteiger partial charge on any atom is 0.434 e. The van der Waals surface area contributed by atoms with E-state index in [2.05, 4.69) is 4.98 Å². The van der Waals surface area contributed by atoms with Crippen molar-refractivity contribution >= 4 is 5.91 Å². The molecule has 6 nitrogen and oxygen atoms in total. The van der Waals surface area contributed by atoms with Crippen LogP contribution >= 0.6 is 0 Å². The number of nitrogens with zero attached hydrogens (tertiary/aromatic N) is 3. The van der Waals surface area contributed by atoms with Crippen LogP contribution in [0, 0.1) is 11.8 Å². The van der Waals surface area contributed by atoms with Gasteiger partial charge in [-0.15, -0.1) is 0 Å². The number of halogens is 3. The molecule has 0 radical (unpaired) electrons. The molecule has 0 spiro atoms. The van der Waals surface area contributed by atoms with Crippen molar-refractivity contribution in [1.82, 2.24) is 14.5 Å². The number of rotatable bonds is 6. The number of ether oxygens (including phenoxy) is 2. The van der Waals surface area contributed by atoms with Crippen LogP contribution in [-0.2, 0) is 33.4 Å². The summed E-state index contributed by atoms with van der Waals surface area (Å²) in [6.07, 6.45) is -1.20. The van der Waals surface area contributed by atoms with Crippen molar-refractivity contribution in [2.75, 3.05) is 40.0 Å². The fraction of sp³-hybridized carbons (Fsp3) is 0.765. The molecule has 3 rings (SSSR count). The van der Waals surface area contributed by atoms with Crippen molar-refractivity contribution in [2.24, 2.45) is 11.8 Å². The summed E-state index contributed by atoms with van der Waals surface area (Å²) in [4.78, 5) is 17.4. The van der Waals surface area contributed by atoms with E-state index in [0.29, 0.717) is 50.9 Å². The summed E-state index contributed by atoms with van der Waals surface area (Å²) in [5.74, 6) is 0.810.